The van der Waals surface area contributed by atoms with Crippen molar-refractivity contribution in [3.05, 3.63) is 48.0 Å². The molecule has 0 spiro atoms. The van der Waals surface area contributed by atoms with Crippen molar-refractivity contribution in [3.8, 4) is 11.5 Å². The second-order valence-electron chi connectivity index (χ2n) is 6.59. The maximum absolute atomic E-state index is 12.4. The predicted octanol–water partition coefficient (Wildman–Crippen LogP) is 4.06. The van der Waals surface area contributed by atoms with E-state index in [1.54, 1.807) is 12.0 Å². The largest absolute Gasteiger partial charge is 0.436 e. The number of fused-ring (bicyclic) bond motifs is 1. The van der Waals surface area contributed by atoms with Crippen LogP contribution in [0.2, 0.25) is 0 Å². The van der Waals surface area contributed by atoms with Crippen LogP contribution in [0.4, 0.5) is 10.5 Å². The van der Waals surface area contributed by atoms with Crippen LogP contribution in [0.1, 0.15) is 12.0 Å². The highest BCUT2D eigenvalue weighted by Gasteiger charge is 2.26. The number of benzene rings is 2. The van der Waals surface area contributed by atoms with E-state index >= 15 is 0 Å². The highest BCUT2D eigenvalue weighted by atomic mass is 16.5. The van der Waals surface area contributed by atoms with E-state index in [9.17, 15) is 4.79 Å². The first kappa shape index (κ1) is 16.6. The summed E-state index contributed by atoms with van der Waals surface area (Å²) in [6.45, 7) is 3.35. The first-order chi connectivity index (χ1) is 12.6. The molecule has 6 nitrogen and oxygen atoms in total. The van der Waals surface area contributed by atoms with Gasteiger partial charge in [0.15, 0.2) is 5.58 Å². The number of ether oxygens (including phenoxy) is 1. The lowest BCUT2D eigenvalue weighted by Gasteiger charge is -2.16. The number of aromatic nitrogens is 1. The van der Waals surface area contributed by atoms with Gasteiger partial charge in [0.05, 0.1) is 6.10 Å². The van der Waals surface area contributed by atoms with E-state index in [0.717, 1.165) is 23.1 Å². The van der Waals surface area contributed by atoms with Crippen LogP contribution in [-0.4, -0.2) is 42.2 Å². The molecular weight excluding hydrogens is 330 g/mol. The van der Waals surface area contributed by atoms with E-state index in [4.69, 9.17) is 9.15 Å². The maximum atomic E-state index is 12.4. The zero-order valence-electron chi connectivity index (χ0n) is 14.9. The van der Waals surface area contributed by atoms with Gasteiger partial charge in [0, 0.05) is 37.5 Å². The molecule has 1 aliphatic rings. The number of carbonyl (C=O) groups is 1. The molecule has 4 rings (SSSR count). The van der Waals surface area contributed by atoms with Gasteiger partial charge in [-0.25, -0.2) is 9.78 Å². The van der Waals surface area contributed by atoms with Crippen LogP contribution >= 0.6 is 0 Å². The molecule has 2 heterocycles. The second kappa shape index (κ2) is 6.80. The highest BCUT2D eigenvalue weighted by molar-refractivity contribution is 5.92. The van der Waals surface area contributed by atoms with Gasteiger partial charge in [-0.2, -0.15) is 0 Å². The van der Waals surface area contributed by atoms with Crippen LogP contribution in [0.3, 0.4) is 0 Å². The molecule has 0 saturated carbocycles. The Morgan fingerprint density at radius 2 is 2.19 bits per heavy atom. The number of amides is 2. The summed E-state index contributed by atoms with van der Waals surface area (Å²) in [5, 5.41) is 2.92. The minimum atomic E-state index is -0.123. The summed E-state index contributed by atoms with van der Waals surface area (Å²) >= 11 is 0. The highest BCUT2D eigenvalue weighted by Crippen LogP contribution is 2.27. The molecule has 134 valence electrons. The van der Waals surface area contributed by atoms with E-state index in [1.807, 2.05) is 49.4 Å². The summed E-state index contributed by atoms with van der Waals surface area (Å²) in [5.74, 6) is 0.578. The van der Waals surface area contributed by atoms with Crippen LogP contribution in [0, 0.1) is 6.92 Å². The number of methoxy groups -OCH3 is 1. The number of rotatable bonds is 3. The number of nitrogens with one attached hydrogen (secondary N) is 1. The minimum absolute atomic E-state index is 0.120. The predicted molar refractivity (Wildman–Crippen MR) is 100 cm³/mol. The van der Waals surface area contributed by atoms with Gasteiger partial charge in [0.1, 0.15) is 5.52 Å². The number of anilines is 1. The topological polar surface area (TPSA) is 67.6 Å². The molecule has 0 unspecified atom stereocenters. The normalized spacial score (nSPS) is 17.0. The molecule has 3 aromatic rings. The molecular formula is C20H21N3O3. The smallest absolute Gasteiger partial charge is 0.321 e. The van der Waals surface area contributed by atoms with Gasteiger partial charge in [0.2, 0.25) is 5.89 Å². The van der Waals surface area contributed by atoms with Gasteiger partial charge in [0.25, 0.3) is 0 Å². The van der Waals surface area contributed by atoms with Crippen molar-refractivity contribution in [2.24, 2.45) is 0 Å². The average Bonchev–Trinajstić information content (AvgIpc) is 3.28. The van der Waals surface area contributed by atoms with E-state index in [2.05, 4.69) is 10.3 Å². The van der Waals surface area contributed by atoms with Gasteiger partial charge in [-0.1, -0.05) is 17.7 Å². The maximum Gasteiger partial charge on any atom is 0.321 e. The number of aryl methyl sites for hydroxylation is 1. The van der Waals surface area contributed by atoms with Gasteiger partial charge in [-0.05, 0) is 37.6 Å². The third-order valence-corrected chi connectivity index (χ3v) is 4.67. The molecule has 26 heavy (non-hydrogen) atoms. The van der Waals surface area contributed by atoms with Crippen molar-refractivity contribution < 1.29 is 13.9 Å². The number of oxazole rings is 1. The number of hydrogen-bond acceptors (Lipinski definition) is 4. The van der Waals surface area contributed by atoms with Crippen LogP contribution < -0.4 is 5.32 Å². The second-order valence-corrected chi connectivity index (χ2v) is 6.59. The summed E-state index contributed by atoms with van der Waals surface area (Å²) in [5.41, 5.74) is 4.19. The minimum Gasteiger partial charge on any atom is -0.436 e. The molecule has 1 atom stereocenters. The fourth-order valence-corrected chi connectivity index (χ4v) is 3.21. The van der Waals surface area contributed by atoms with Crippen molar-refractivity contribution in [1.29, 1.82) is 0 Å². The van der Waals surface area contributed by atoms with Crippen molar-refractivity contribution in [3.63, 3.8) is 0 Å². The molecule has 0 aliphatic carbocycles. The Balaban J connectivity index is 1.53. The standard InChI is InChI=1S/C20H21N3O3/c1-13-4-3-5-14(10-13)19-22-17-7-6-15(11-18(17)26-19)21-20(24)23-9-8-16(12-23)25-2/h3-7,10-11,16H,8-9,12H2,1-2H3,(H,21,24)/t16-/m1/s1. The van der Waals surface area contributed by atoms with E-state index in [1.165, 1.54) is 0 Å². The molecule has 2 aromatic carbocycles. The molecule has 0 radical (unpaired) electrons. The number of urea groups is 1. The summed E-state index contributed by atoms with van der Waals surface area (Å²) in [7, 11) is 1.68. The molecule has 1 N–H and O–H groups in total. The number of nitrogens with zero attached hydrogens (tertiary/aromatic N) is 2. The Labute approximate surface area is 151 Å². The van der Waals surface area contributed by atoms with Crippen LogP contribution in [0.25, 0.3) is 22.6 Å². The van der Waals surface area contributed by atoms with Gasteiger partial charge in [-0.15, -0.1) is 0 Å². The van der Waals surface area contributed by atoms with Gasteiger partial charge in [-0.3, -0.25) is 0 Å². The monoisotopic (exact) mass is 351 g/mol. The van der Waals surface area contributed by atoms with Crippen LogP contribution in [0.5, 0.6) is 0 Å². The molecule has 0 bridgehead atoms. The third-order valence-electron chi connectivity index (χ3n) is 4.67. The SMILES string of the molecule is CO[C@@H]1CCN(C(=O)Nc2ccc3nc(-c4cccc(C)c4)oc3c2)C1. The van der Waals surface area contributed by atoms with Crippen molar-refractivity contribution >= 4 is 22.8 Å². The molecule has 1 saturated heterocycles. The fraction of sp³-hybridized carbons (Fsp3) is 0.300. The summed E-state index contributed by atoms with van der Waals surface area (Å²) < 4.78 is 11.2. The number of likely N-dealkylation sites (tertiary alicyclic amines) is 1. The lowest BCUT2D eigenvalue weighted by Crippen LogP contribution is -2.33. The fourth-order valence-electron chi connectivity index (χ4n) is 3.21. The Morgan fingerprint density at radius 3 is 2.96 bits per heavy atom. The Hall–Kier alpha value is -2.86. The zero-order chi connectivity index (χ0) is 18.1. The van der Waals surface area contributed by atoms with E-state index in [0.29, 0.717) is 30.3 Å². The quantitative estimate of drug-likeness (QED) is 0.773. The summed E-state index contributed by atoms with van der Waals surface area (Å²) in [6, 6.07) is 13.4. The zero-order valence-corrected chi connectivity index (χ0v) is 14.9. The lowest BCUT2D eigenvalue weighted by molar-refractivity contribution is 0.111. The van der Waals surface area contributed by atoms with E-state index < -0.39 is 0 Å². The third kappa shape index (κ3) is 3.28. The van der Waals surface area contributed by atoms with Crippen LogP contribution in [0.15, 0.2) is 46.9 Å². The first-order valence-corrected chi connectivity index (χ1v) is 8.69. The van der Waals surface area contributed by atoms with Crippen molar-refractivity contribution in [2.75, 3.05) is 25.5 Å². The first-order valence-electron chi connectivity index (χ1n) is 8.69. The Morgan fingerprint density at radius 1 is 1.31 bits per heavy atom. The Kier molecular flexibility index (Phi) is 4.34. The molecule has 1 fully saturated rings. The average molecular weight is 351 g/mol. The van der Waals surface area contributed by atoms with E-state index in [-0.39, 0.29) is 12.1 Å². The number of carbonyl (C=O) groups excluding carboxylic acids is 1. The van der Waals surface area contributed by atoms with Gasteiger partial charge >= 0.3 is 6.03 Å². The molecule has 6 heteroatoms. The van der Waals surface area contributed by atoms with Crippen LogP contribution in [-0.2, 0) is 4.74 Å². The van der Waals surface area contributed by atoms with Crippen molar-refractivity contribution in [2.45, 2.75) is 19.4 Å². The molecule has 2 amide bonds. The summed E-state index contributed by atoms with van der Waals surface area (Å²) in [6.07, 6.45) is 0.986. The number of hydrogen-bond donors (Lipinski definition) is 1. The Bertz CT molecular complexity index is 950. The molecule has 1 aromatic heterocycles. The molecule has 1 aliphatic heterocycles. The van der Waals surface area contributed by atoms with Crippen molar-refractivity contribution in [1.82, 2.24) is 9.88 Å². The van der Waals surface area contributed by atoms with Gasteiger partial charge < -0.3 is 19.4 Å². The lowest BCUT2D eigenvalue weighted by atomic mass is 10.1. The summed E-state index contributed by atoms with van der Waals surface area (Å²) in [4.78, 5) is 18.7.